The SMILES string of the molecule is COc1ccc(CNCCCN2CCCC2=O)cc1OCC(O)CN1CCCCCCC1. The number of nitrogens with one attached hydrogen (secondary N) is 1. The molecule has 2 N–H and O–H groups in total. The molecule has 7 nitrogen and oxygen atoms in total. The third kappa shape index (κ3) is 8.26. The Balaban J connectivity index is 1.40. The van der Waals surface area contributed by atoms with Gasteiger partial charge < -0.3 is 29.7 Å². The molecule has 32 heavy (non-hydrogen) atoms. The van der Waals surface area contributed by atoms with Crippen LogP contribution in [-0.4, -0.2) is 79.9 Å². The summed E-state index contributed by atoms with van der Waals surface area (Å²) in [6.07, 6.45) is 8.47. The minimum absolute atomic E-state index is 0.258. The maximum atomic E-state index is 11.7. The van der Waals surface area contributed by atoms with E-state index >= 15 is 0 Å². The minimum Gasteiger partial charge on any atom is -0.493 e. The van der Waals surface area contributed by atoms with Gasteiger partial charge in [0, 0.05) is 32.6 Å². The predicted molar refractivity (Wildman–Crippen MR) is 126 cm³/mol. The summed E-state index contributed by atoms with van der Waals surface area (Å²) in [5.74, 6) is 1.64. The van der Waals surface area contributed by atoms with E-state index in [1.165, 1.54) is 32.1 Å². The average Bonchev–Trinajstić information content (AvgIpc) is 3.18. The second kappa shape index (κ2) is 13.7. The molecule has 0 aliphatic carbocycles. The van der Waals surface area contributed by atoms with Crippen LogP contribution in [0.4, 0.5) is 0 Å². The summed E-state index contributed by atoms with van der Waals surface area (Å²) >= 11 is 0. The largest absolute Gasteiger partial charge is 0.493 e. The highest BCUT2D eigenvalue weighted by atomic mass is 16.5. The summed E-state index contributed by atoms with van der Waals surface area (Å²) in [6.45, 7) is 6.36. The lowest BCUT2D eigenvalue weighted by atomic mass is 10.1. The van der Waals surface area contributed by atoms with Gasteiger partial charge in [0.25, 0.3) is 0 Å². The number of benzene rings is 1. The molecule has 2 heterocycles. The van der Waals surface area contributed by atoms with Crippen molar-refractivity contribution < 1.29 is 19.4 Å². The summed E-state index contributed by atoms with van der Waals surface area (Å²) in [5.41, 5.74) is 1.11. The average molecular weight is 448 g/mol. The van der Waals surface area contributed by atoms with Crippen molar-refractivity contribution >= 4 is 5.91 Å². The molecular weight excluding hydrogens is 406 g/mol. The highest BCUT2D eigenvalue weighted by Crippen LogP contribution is 2.28. The number of rotatable bonds is 12. The maximum absolute atomic E-state index is 11.7. The zero-order chi connectivity index (χ0) is 22.6. The fourth-order valence-corrected chi connectivity index (χ4v) is 4.54. The van der Waals surface area contributed by atoms with E-state index in [-0.39, 0.29) is 12.5 Å². The van der Waals surface area contributed by atoms with Crippen molar-refractivity contribution in [3.05, 3.63) is 23.8 Å². The van der Waals surface area contributed by atoms with Crippen LogP contribution in [0.25, 0.3) is 0 Å². The van der Waals surface area contributed by atoms with E-state index in [1.54, 1.807) is 7.11 Å². The minimum atomic E-state index is -0.519. The topological polar surface area (TPSA) is 74.3 Å². The Morgan fingerprint density at radius 3 is 2.56 bits per heavy atom. The number of β-amino-alcohol motifs (C(OH)–C–C–N with tert-alkyl or cyclic N) is 1. The van der Waals surface area contributed by atoms with E-state index < -0.39 is 6.10 Å². The molecule has 0 aromatic heterocycles. The Labute approximate surface area is 193 Å². The molecule has 7 heteroatoms. The van der Waals surface area contributed by atoms with E-state index in [0.29, 0.717) is 24.5 Å². The fourth-order valence-electron chi connectivity index (χ4n) is 4.54. The fraction of sp³-hybridized carbons (Fsp3) is 0.720. The van der Waals surface area contributed by atoms with Gasteiger partial charge >= 0.3 is 0 Å². The highest BCUT2D eigenvalue weighted by molar-refractivity contribution is 5.77. The maximum Gasteiger partial charge on any atom is 0.222 e. The quantitative estimate of drug-likeness (QED) is 0.480. The van der Waals surface area contributed by atoms with Crippen LogP contribution < -0.4 is 14.8 Å². The first-order valence-corrected chi connectivity index (χ1v) is 12.3. The van der Waals surface area contributed by atoms with Crippen LogP contribution in [0.2, 0.25) is 0 Å². The third-order valence-corrected chi connectivity index (χ3v) is 6.36. The number of likely N-dealkylation sites (tertiary alicyclic amines) is 2. The van der Waals surface area contributed by atoms with Crippen molar-refractivity contribution in [1.82, 2.24) is 15.1 Å². The van der Waals surface area contributed by atoms with Gasteiger partial charge in [0.1, 0.15) is 12.7 Å². The number of aliphatic hydroxyl groups is 1. The lowest BCUT2D eigenvalue weighted by molar-refractivity contribution is -0.127. The number of hydrogen-bond acceptors (Lipinski definition) is 6. The first-order valence-electron chi connectivity index (χ1n) is 12.3. The van der Waals surface area contributed by atoms with Crippen molar-refractivity contribution in [2.75, 3.05) is 53.0 Å². The van der Waals surface area contributed by atoms with Crippen LogP contribution in [-0.2, 0) is 11.3 Å². The molecule has 180 valence electrons. The van der Waals surface area contributed by atoms with Crippen molar-refractivity contribution in [3.63, 3.8) is 0 Å². The van der Waals surface area contributed by atoms with Crippen LogP contribution in [0.5, 0.6) is 11.5 Å². The Kier molecular flexibility index (Phi) is 10.6. The molecule has 3 rings (SSSR count). The molecule has 2 fully saturated rings. The predicted octanol–water partition coefficient (Wildman–Crippen LogP) is 2.80. The first-order chi connectivity index (χ1) is 15.7. The summed E-state index contributed by atoms with van der Waals surface area (Å²) in [5, 5.41) is 14.0. The molecule has 0 radical (unpaired) electrons. The van der Waals surface area contributed by atoms with Crippen LogP contribution in [0.1, 0.15) is 56.9 Å². The smallest absolute Gasteiger partial charge is 0.222 e. The van der Waals surface area contributed by atoms with Gasteiger partial charge in [0.05, 0.1) is 7.11 Å². The molecule has 1 amide bonds. The van der Waals surface area contributed by atoms with Gasteiger partial charge in [-0.2, -0.15) is 0 Å². The number of aliphatic hydroxyl groups excluding tert-OH is 1. The second-order valence-electron chi connectivity index (χ2n) is 9.03. The standard InChI is InChI=1S/C25H41N3O4/c1-31-23-11-10-21(18-26-12-8-16-28-15-7-9-25(28)30)17-24(23)32-20-22(29)19-27-13-5-3-2-4-6-14-27/h10-11,17,22,26,29H,2-9,12-16,18-20H2,1H3. The normalized spacial score (nSPS) is 18.9. The number of nitrogens with zero attached hydrogens (tertiary/aromatic N) is 2. The summed E-state index contributed by atoms with van der Waals surface area (Å²) < 4.78 is 11.4. The Morgan fingerprint density at radius 2 is 1.84 bits per heavy atom. The Bertz CT molecular complexity index is 692. The molecule has 1 aromatic carbocycles. The van der Waals surface area contributed by atoms with Gasteiger partial charge in [-0.05, 0) is 63.0 Å². The molecule has 1 atom stereocenters. The number of ether oxygens (including phenoxy) is 2. The third-order valence-electron chi connectivity index (χ3n) is 6.36. The Morgan fingerprint density at radius 1 is 1.06 bits per heavy atom. The monoisotopic (exact) mass is 447 g/mol. The van der Waals surface area contributed by atoms with Crippen LogP contribution in [0.15, 0.2) is 18.2 Å². The van der Waals surface area contributed by atoms with Crippen LogP contribution >= 0.6 is 0 Å². The zero-order valence-electron chi connectivity index (χ0n) is 19.7. The number of carbonyl (C=O) groups excluding carboxylic acids is 1. The summed E-state index contributed by atoms with van der Waals surface area (Å²) in [6, 6.07) is 5.93. The van der Waals surface area contributed by atoms with E-state index in [2.05, 4.69) is 10.2 Å². The van der Waals surface area contributed by atoms with Gasteiger partial charge in [-0.15, -0.1) is 0 Å². The van der Waals surface area contributed by atoms with Crippen molar-refractivity contribution in [1.29, 1.82) is 0 Å². The highest BCUT2D eigenvalue weighted by Gasteiger charge is 2.19. The first kappa shape index (κ1) is 24.8. The molecule has 0 bridgehead atoms. The van der Waals surface area contributed by atoms with Crippen LogP contribution in [0, 0.1) is 0 Å². The molecule has 0 spiro atoms. The van der Waals surface area contributed by atoms with E-state index in [4.69, 9.17) is 9.47 Å². The number of amides is 1. The van der Waals surface area contributed by atoms with Gasteiger partial charge in [-0.1, -0.05) is 25.3 Å². The van der Waals surface area contributed by atoms with E-state index in [9.17, 15) is 9.90 Å². The lowest BCUT2D eigenvalue weighted by Gasteiger charge is -2.26. The van der Waals surface area contributed by atoms with Crippen LogP contribution in [0.3, 0.4) is 0 Å². The Hall–Kier alpha value is -1.83. The van der Waals surface area contributed by atoms with E-state index in [0.717, 1.165) is 57.7 Å². The van der Waals surface area contributed by atoms with Gasteiger partial charge in [-0.25, -0.2) is 0 Å². The summed E-state index contributed by atoms with van der Waals surface area (Å²) in [7, 11) is 1.64. The van der Waals surface area contributed by atoms with Crippen molar-refractivity contribution in [3.8, 4) is 11.5 Å². The molecule has 1 aromatic rings. The van der Waals surface area contributed by atoms with Gasteiger partial charge in [0.15, 0.2) is 11.5 Å². The number of carbonyl (C=O) groups is 1. The molecule has 2 saturated heterocycles. The number of hydrogen-bond donors (Lipinski definition) is 2. The van der Waals surface area contributed by atoms with Crippen molar-refractivity contribution in [2.45, 2.75) is 64.0 Å². The van der Waals surface area contributed by atoms with Crippen molar-refractivity contribution in [2.24, 2.45) is 0 Å². The lowest BCUT2D eigenvalue weighted by Crippen LogP contribution is -2.37. The van der Waals surface area contributed by atoms with E-state index in [1.807, 2.05) is 23.1 Å². The molecule has 2 aliphatic rings. The zero-order valence-corrected chi connectivity index (χ0v) is 19.7. The molecule has 1 unspecified atom stereocenters. The molecule has 0 saturated carbocycles. The molecule has 2 aliphatic heterocycles. The van der Waals surface area contributed by atoms with Gasteiger partial charge in [0.2, 0.25) is 5.91 Å². The number of methoxy groups -OCH3 is 1. The second-order valence-corrected chi connectivity index (χ2v) is 9.03. The van der Waals surface area contributed by atoms with Gasteiger partial charge in [-0.3, -0.25) is 4.79 Å². The summed E-state index contributed by atoms with van der Waals surface area (Å²) in [4.78, 5) is 16.0. The molecular formula is C25H41N3O4.